The number of hydrogen-bond acceptors (Lipinski definition) is 4. The van der Waals surface area contributed by atoms with Gasteiger partial charge in [-0.25, -0.2) is 9.89 Å². The topological polar surface area (TPSA) is 64.0 Å². The fourth-order valence-electron chi connectivity index (χ4n) is 2.51. The number of H-pyrrole nitrogens is 1. The van der Waals surface area contributed by atoms with E-state index in [4.69, 9.17) is 0 Å². The second-order valence-electron chi connectivity index (χ2n) is 5.38. The van der Waals surface area contributed by atoms with Gasteiger partial charge in [0.2, 0.25) is 11.5 Å². The van der Waals surface area contributed by atoms with Crippen LogP contribution in [0.5, 0.6) is 0 Å². The Hall–Kier alpha value is -1.57. The predicted octanol–water partition coefficient (Wildman–Crippen LogP) is 3.04. The first-order valence-corrected chi connectivity index (χ1v) is 8.96. The minimum atomic E-state index is -1.08. The smallest absolute Gasteiger partial charge is 0.315 e. The van der Waals surface area contributed by atoms with Gasteiger partial charge in [-0.1, -0.05) is 40.7 Å². The first-order valence-electron chi connectivity index (χ1n) is 7.18. The number of thioether (sulfide) groups is 1. The van der Waals surface area contributed by atoms with Gasteiger partial charge >= 0.3 is 5.17 Å². The molecule has 120 valence electrons. The van der Waals surface area contributed by atoms with Crippen LogP contribution in [0.3, 0.4) is 0 Å². The van der Waals surface area contributed by atoms with E-state index in [1.54, 1.807) is 17.8 Å². The fourth-order valence-corrected chi connectivity index (χ4v) is 3.99. The van der Waals surface area contributed by atoms with Crippen LogP contribution in [0.1, 0.15) is 11.3 Å². The molecule has 1 atom stereocenters. The number of anilines is 1. The Balaban J connectivity index is 1.97. The average Bonchev–Trinajstić information content (AvgIpc) is 3.07. The van der Waals surface area contributed by atoms with Crippen LogP contribution in [-0.2, 0) is 5.72 Å². The normalized spacial score (nSPS) is 20.8. The highest BCUT2D eigenvalue weighted by molar-refractivity contribution is 9.10. The van der Waals surface area contributed by atoms with E-state index in [-0.39, 0.29) is 0 Å². The van der Waals surface area contributed by atoms with E-state index in [1.165, 1.54) is 0 Å². The van der Waals surface area contributed by atoms with E-state index in [1.807, 2.05) is 41.8 Å². The van der Waals surface area contributed by atoms with Gasteiger partial charge in [-0.3, -0.25) is 5.10 Å². The molecule has 0 fully saturated rings. The molecule has 0 saturated heterocycles. The lowest BCUT2D eigenvalue weighted by atomic mass is 10.0. The van der Waals surface area contributed by atoms with Gasteiger partial charge in [-0.2, -0.15) is 0 Å². The molecule has 2 aromatic rings. The summed E-state index contributed by atoms with van der Waals surface area (Å²) in [6.45, 7) is 6.29. The van der Waals surface area contributed by atoms with E-state index in [0.717, 1.165) is 26.7 Å². The molecule has 0 bridgehead atoms. The highest BCUT2D eigenvalue weighted by atomic mass is 79.9. The molecule has 5 nitrogen and oxygen atoms in total. The maximum absolute atomic E-state index is 11.3. The molecule has 0 saturated carbocycles. The number of rotatable bonds is 4. The summed E-state index contributed by atoms with van der Waals surface area (Å²) in [5.41, 5.74) is 0.757. The third-order valence-corrected chi connectivity index (χ3v) is 5.33. The van der Waals surface area contributed by atoms with Crippen molar-refractivity contribution in [3.05, 3.63) is 58.7 Å². The van der Waals surface area contributed by atoms with Crippen LogP contribution >= 0.6 is 27.7 Å². The SMILES string of the molecule is C=CC[N+]1=C(Nc2cc(C)[nH]n2)SCC1(O)c1ccc(Br)cc1. The Morgan fingerprint density at radius 2 is 2.26 bits per heavy atom. The van der Waals surface area contributed by atoms with Gasteiger partial charge < -0.3 is 5.11 Å². The van der Waals surface area contributed by atoms with Crippen molar-refractivity contribution in [1.29, 1.82) is 0 Å². The Morgan fingerprint density at radius 1 is 1.52 bits per heavy atom. The first kappa shape index (κ1) is 16.3. The maximum Gasteiger partial charge on any atom is 0.315 e. The Morgan fingerprint density at radius 3 is 2.87 bits per heavy atom. The average molecular weight is 394 g/mol. The van der Waals surface area contributed by atoms with Crippen molar-refractivity contribution in [2.75, 3.05) is 17.6 Å². The van der Waals surface area contributed by atoms with E-state index < -0.39 is 5.72 Å². The maximum atomic E-state index is 11.3. The number of nitrogens with zero attached hydrogens (tertiary/aromatic N) is 2. The number of aromatic nitrogens is 2. The van der Waals surface area contributed by atoms with Crippen LogP contribution in [-0.4, -0.2) is 37.3 Å². The molecule has 0 aliphatic carbocycles. The van der Waals surface area contributed by atoms with Crippen molar-refractivity contribution in [2.24, 2.45) is 0 Å². The zero-order chi connectivity index (χ0) is 16.4. The second-order valence-corrected chi connectivity index (χ2v) is 7.26. The largest absolute Gasteiger partial charge is 0.349 e. The molecule has 3 N–H and O–H groups in total. The van der Waals surface area contributed by atoms with Gasteiger partial charge in [0.1, 0.15) is 6.54 Å². The highest BCUT2D eigenvalue weighted by Crippen LogP contribution is 2.35. The van der Waals surface area contributed by atoms with E-state index in [0.29, 0.717) is 12.3 Å². The first-order chi connectivity index (χ1) is 11.0. The number of aliphatic hydroxyl groups is 1. The molecule has 1 aliphatic heterocycles. The van der Waals surface area contributed by atoms with Gasteiger partial charge in [0.25, 0.3) is 0 Å². The van der Waals surface area contributed by atoms with E-state index in [2.05, 4.69) is 38.0 Å². The van der Waals surface area contributed by atoms with Gasteiger partial charge in [0, 0.05) is 21.8 Å². The lowest BCUT2D eigenvalue weighted by Crippen LogP contribution is -2.40. The summed E-state index contributed by atoms with van der Waals surface area (Å²) in [7, 11) is 0. The summed E-state index contributed by atoms with van der Waals surface area (Å²) in [6, 6.07) is 9.67. The number of nitrogens with one attached hydrogen (secondary N) is 2. The molecule has 1 aliphatic rings. The molecular formula is C16H18BrN4OS+. The molecule has 7 heteroatoms. The minimum absolute atomic E-state index is 0.533. The van der Waals surface area contributed by atoms with Crippen molar-refractivity contribution >= 4 is 38.7 Å². The summed E-state index contributed by atoms with van der Waals surface area (Å²) in [6.07, 6.45) is 1.78. The molecule has 1 unspecified atom stereocenters. The molecule has 0 amide bonds. The van der Waals surface area contributed by atoms with E-state index >= 15 is 0 Å². The Kier molecular flexibility index (Phi) is 4.61. The van der Waals surface area contributed by atoms with Crippen LogP contribution in [0, 0.1) is 6.92 Å². The lowest BCUT2D eigenvalue weighted by Gasteiger charge is -2.23. The summed E-state index contributed by atoms with van der Waals surface area (Å²) in [5.74, 6) is 1.27. The molecule has 0 radical (unpaired) electrons. The van der Waals surface area contributed by atoms with Crippen molar-refractivity contribution < 1.29 is 9.68 Å². The monoisotopic (exact) mass is 393 g/mol. The number of amidine groups is 1. The Labute approximate surface area is 147 Å². The van der Waals surface area contributed by atoms with Crippen LogP contribution in [0.4, 0.5) is 5.82 Å². The molecule has 3 rings (SSSR count). The number of benzene rings is 1. The molecule has 1 aromatic heterocycles. The van der Waals surface area contributed by atoms with Gasteiger partial charge in [0.05, 0.1) is 5.75 Å². The van der Waals surface area contributed by atoms with Gasteiger partial charge in [-0.15, -0.1) is 5.10 Å². The molecule has 2 heterocycles. The number of hydrogen-bond donors (Lipinski definition) is 3. The van der Waals surface area contributed by atoms with Crippen molar-refractivity contribution in [1.82, 2.24) is 10.2 Å². The van der Waals surface area contributed by atoms with Crippen LogP contribution < -0.4 is 5.32 Å². The van der Waals surface area contributed by atoms with Crippen LogP contribution in [0.15, 0.2) is 47.5 Å². The summed E-state index contributed by atoms with van der Waals surface area (Å²) >= 11 is 5.00. The molecular weight excluding hydrogens is 376 g/mol. The van der Waals surface area contributed by atoms with Gasteiger partial charge in [-0.05, 0) is 30.8 Å². The third-order valence-electron chi connectivity index (χ3n) is 3.66. The summed E-state index contributed by atoms with van der Waals surface area (Å²) < 4.78 is 2.90. The van der Waals surface area contributed by atoms with Crippen LogP contribution in [0.25, 0.3) is 0 Å². The lowest BCUT2D eigenvalue weighted by molar-refractivity contribution is -0.650. The van der Waals surface area contributed by atoms with Crippen molar-refractivity contribution in [3.63, 3.8) is 0 Å². The van der Waals surface area contributed by atoms with Crippen molar-refractivity contribution in [2.45, 2.75) is 12.6 Å². The number of halogens is 1. The standard InChI is InChI=1S/C16H17BrN4OS/c1-3-8-21-15(18-14-9-11(2)19-20-14)23-10-16(21,22)12-4-6-13(17)7-5-12/h3-7,9,22H,1,8,10H2,2H3,(H,19,20)/p+1. The molecule has 0 spiro atoms. The summed E-state index contributed by atoms with van der Waals surface area (Å²) in [5, 5.41) is 22.5. The molecule has 23 heavy (non-hydrogen) atoms. The van der Waals surface area contributed by atoms with E-state index in [9.17, 15) is 5.11 Å². The fraction of sp³-hybridized carbons (Fsp3) is 0.250. The zero-order valence-corrected chi connectivity index (χ0v) is 15.1. The van der Waals surface area contributed by atoms with Crippen molar-refractivity contribution in [3.8, 4) is 0 Å². The molecule has 1 aromatic carbocycles. The quantitative estimate of drug-likeness (QED) is 0.551. The third kappa shape index (κ3) is 3.22. The van der Waals surface area contributed by atoms with Crippen LogP contribution in [0.2, 0.25) is 0 Å². The second kappa shape index (κ2) is 6.51. The zero-order valence-electron chi connectivity index (χ0n) is 12.7. The Bertz CT molecular complexity index is 756. The number of aromatic amines is 1. The predicted molar refractivity (Wildman–Crippen MR) is 97.8 cm³/mol. The number of aryl methyl sites for hydroxylation is 1. The van der Waals surface area contributed by atoms with Gasteiger partial charge in [0.15, 0.2) is 0 Å². The summed E-state index contributed by atoms with van der Waals surface area (Å²) in [4.78, 5) is 0. The minimum Gasteiger partial charge on any atom is -0.349 e. The highest BCUT2D eigenvalue weighted by Gasteiger charge is 2.46.